The largest absolute Gasteiger partial charge is 0.462 e. The van der Waals surface area contributed by atoms with E-state index in [9.17, 15) is 14.4 Å². The first-order valence-corrected chi connectivity index (χ1v) is 10.4. The maximum Gasteiger partial charge on any atom is 0.341 e. The Morgan fingerprint density at radius 1 is 1.09 bits per heavy atom. The van der Waals surface area contributed by atoms with Crippen molar-refractivity contribution in [1.82, 2.24) is 14.0 Å². The third-order valence-corrected chi connectivity index (χ3v) is 5.03. The number of ether oxygens (including phenoxy) is 2. The van der Waals surface area contributed by atoms with E-state index in [0.29, 0.717) is 11.2 Å². The lowest BCUT2D eigenvalue weighted by Gasteiger charge is -2.14. The predicted molar refractivity (Wildman–Crippen MR) is 121 cm³/mol. The van der Waals surface area contributed by atoms with Crippen LogP contribution in [0.4, 0.5) is 0 Å². The second-order valence-electron chi connectivity index (χ2n) is 7.11. The number of fused-ring (bicyclic) bond motifs is 2. The summed E-state index contributed by atoms with van der Waals surface area (Å²) in [7, 11) is 1.53. The molecule has 0 aliphatic heterocycles. The summed E-state index contributed by atoms with van der Waals surface area (Å²) in [5.74, 6) is -1.23. The summed E-state index contributed by atoms with van der Waals surface area (Å²) in [5, 5.41) is 0.198. The number of rotatable bonds is 6. The van der Waals surface area contributed by atoms with Crippen molar-refractivity contribution in [3.05, 3.63) is 87.8 Å². The second kappa shape index (κ2) is 9.58. The predicted octanol–water partition coefficient (Wildman–Crippen LogP) is 2.21. The van der Waals surface area contributed by atoms with Gasteiger partial charge in [0, 0.05) is 25.4 Å². The van der Waals surface area contributed by atoms with Gasteiger partial charge in [0.25, 0.3) is 11.5 Å². The summed E-state index contributed by atoms with van der Waals surface area (Å²) >= 11 is 0. The Balaban J connectivity index is 2.12. The fourth-order valence-electron chi connectivity index (χ4n) is 3.49. The molecule has 9 heteroatoms. The van der Waals surface area contributed by atoms with Gasteiger partial charge in [-0.05, 0) is 37.3 Å². The number of esters is 1. The lowest BCUT2D eigenvalue weighted by Crippen LogP contribution is -2.33. The molecule has 0 bridgehead atoms. The average Bonchev–Trinajstić information content (AvgIpc) is 2.84. The van der Waals surface area contributed by atoms with Crippen molar-refractivity contribution >= 4 is 28.6 Å². The molecule has 4 rings (SSSR count). The van der Waals surface area contributed by atoms with Gasteiger partial charge in [0.2, 0.25) is 0 Å². The number of carbonyl (C=O) groups excluding carboxylic acids is 2. The van der Waals surface area contributed by atoms with Crippen molar-refractivity contribution < 1.29 is 19.1 Å². The number of aromatic nitrogens is 3. The lowest BCUT2D eigenvalue weighted by atomic mass is 10.2. The molecule has 3 heterocycles. The minimum Gasteiger partial charge on any atom is -0.462 e. The van der Waals surface area contributed by atoms with E-state index >= 15 is 0 Å². The van der Waals surface area contributed by atoms with Gasteiger partial charge in [-0.2, -0.15) is 4.99 Å². The molecular weight excluding hydrogens is 424 g/mol. The molecule has 0 saturated carbocycles. The Morgan fingerprint density at radius 2 is 1.85 bits per heavy atom. The summed E-state index contributed by atoms with van der Waals surface area (Å²) in [6.07, 6.45) is 1.60. The van der Waals surface area contributed by atoms with Crippen LogP contribution < -0.4 is 11.0 Å². The van der Waals surface area contributed by atoms with E-state index < -0.39 is 11.9 Å². The summed E-state index contributed by atoms with van der Waals surface area (Å²) in [4.78, 5) is 47.9. The third-order valence-electron chi connectivity index (χ3n) is 5.03. The van der Waals surface area contributed by atoms with Gasteiger partial charge in [0.1, 0.15) is 16.9 Å². The van der Waals surface area contributed by atoms with Crippen molar-refractivity contribution in [2.45, 2.75) is 13.5 Å². The monoisotopic (exact) mass is 446 g/mol. The molecule has 0 atom stereocenters. The highest BCUT2D eigenvalue weighted by molar-refractivity contribution is 5.97. The van der Waals surface area contributed by atoms with Crippen LogP contribution >= 0.6 is 0 Å². The standard InChI is InChI=1S/C24H22N4O5/c1-3-33-24(31)18-15-17-20(25-19-11-7-8-12-27(19)23(17)30)28(13-14-32-2)21(18)26-22(29)16-9-5-4-6-10-16/h4-12,15H,3,13-14H2,1-2H3. The van der Waals surface area contributed by atoms with Gasteiger partial charge < -0.3 is 14.0 Å². The van der Waals surface area contributed by atoms with Crippen molar-refractivity contribution in [3.8, 4) is 0 Å². The molecule has 168 valence electrons. The van der Waals surface area contributed by atoms with Crippen LogP contribution in [0.3, 0.4) is 0 Å². The summed E-state index contributed by atoms with van der Waals surface area (Å²) in [6, 6.07) is 15.1. The first-order valence-electron chi connectivity index (χ1n) is 10.4. The highest BCUT2D eigenvalue weighted by atomic mass is 16.5. The quantitative estimate of drug-likeness (QED) is 0.332. The van der Waals surface area contributed by atoms with Gasteiger partial charge in [-0.1, -0.05) is 24.3 Å². The molecule has 0 aliphatic carbocycles. The fourth-order valence-corrected chi connectivity index (χ4v) is 3.49. The van der Waals surface area contributed by atoms with Crippen molar-refractivity contribution in [2.24, 2.45) is 4.99 Å². The van der Waals surface area contributed by atoms with Crippen molar-refractivity contribution in [1.29, 1.82) is 0 Å². The van der Waals surface area contributed by atoms with E-state index in [2.05, 4.69) is 9.98 Å². The Hall–Kier alpha value is -4.11. The number of benzene rings is 1. The van der Waals surface area contributed by atoms with E-state index in [1.54, 1.807) is 66.2 Å². The zero-order valence-corrected chi connectivity index (χ0v) is 18.2. The molecule has 0 fully saturated rings. The zero-order valence-electron chi connectivity index (χ0n) is 18.2. The molecule has 4 aromatic rings. The molecule has 1 aromatic carbocycles. The summed E-state index contributed by atoms with van der Waals surface area (Å²) in [6.45, 7) is 2.24. The Morgan fingerprint density at radius 3 is 2.58 bits per heavy atom. The first-order chi connectivity index (χ1) is 16.0. The first kappa shape index (κ1) is 22.1. The smallest absolute Gasteiger partial charge is 0.341 e. The van der Waals surface area contributed by atoms with Crippen LogP contribution in [0.2, 0.25) is 0 Å². The topological polar surface area (TPSA) is 104 Å². The van der Waals surface area contributed by atoms with Crippen LogP contribution in [0.5, 0.6) is 0 Å². The number of amides is 1. The zero-order chi connectivity index (χ0) is 23.4. The highest BCUT2D eigenvalue weighted by Crippen LogP contribution is 2.12. The number of hydrogen-bond acceptors (Lipinski definition) is 6. The number of hydrogen-bond donors (Lipinski definition) is 0. The van der Waals surface area contributed by atoms with Gasteiger partial charge in [-0.3, -0.25) is 14.0 Å². The third kappa shape index (κ3) is 4.31. The van der Waals surface area contributed by atoms with E-state index in [-0.39, 0.29) is 47.4 Å². The number of pyridine rings is 2. The second-order valence-corrected chi connectivity index (χ2v) is 7.11. The Bertz CT molecular complexity index is 1470. The van der Waals surface area contributed by atoms with Gasteiger partial charge >= 0.3 is 5.97 Å². The molecule has 0 unspecified atom stereocenters. The van der Waals surface area contributed by atoms with Crippen molar-refractivity contribution in [3.63, 3.8) is 0 Å². The molecule has 9 nitrogen and oxygen atoms in total. The van der Waals surface area contributed by atoms with Crippen LogP contribution in [0, 0.1) is 0 Å². The average molecular weight is 446 g/mol. The van der Waals surface area contributed by atoms with E-state index in [0.717, 1.165) is 0 Å². The lowest BCUT2D eigenvalue weighted by molar-refractivity contribution is 0.0523. The molecule has 0 N–H and O–H groups in total. The number of carbonyl (C=O) groups is 2. The number of nitrogens with zero attached hydrogens (tertiary/aromatic N) is 4. The van der Waals surface area contributed by atoms with Gasteiger partial charge in [-0.25, -0.2) is 9.78 Å². The minimum atomic E-state index is -0.692. The molecular formula is C24H22N4O5. The Kier molecular flexibility index (Phi) is 6.41. The SMILES string of the molecule is CCOC(=O)c1cc2c(=O)n3ccccc3nc2n(CCOC)c1=NC(=O)c1ccccc1. The maximum atomic E-state index is 13.2. The summed E-state index contributed by atoms with van der Waals surface area (Å²) < 4.78 is 13.4. The van der Waals surface area contributed by atoms with Gasteiger partial charge in [0.15, 0.2) is 5.49 Å². The van der Waals surface area contributed by atoms with E-state index in [1.165, 1.54) is 17.6 Å². The minimum absolute atomic E-state index is 0.000449. The van der Waals surface area contributed by atoms with Crippen LogP contribution in [-0.4, -0.2) is 46.2 Å². The maximum absolute atomic E-state index is 13.2. The van der Waals surface area contributed by atoms with E-state index in [4.69, 9.17) is 9.47 Å². The Labute approximate surface area is 188 Å². The van der Waals surface area contributed by atoms with Crippen LogP contribution in [0.15, 0.2) is 70.6 Å². The molecule has 3 aromatic heterocycles. The number of methoxy groups -OCH3 is 1. The summed E-state index contributed by atoms with van der Waals surface area (Å²) in [5.41, 5.74) is 0.769. The molecule has 0 saturated heterocycles. The van der Waals surface area contributed by atoms with E-state index in [1.807, 2.05) is 0 Å². The highest BCUT2D eigenvalue weighted by Gasteiger charge is 2.20. The molecule has 0 spiro atoms. The fraction of sp³-hybridized carbons (Fsp3) is 0.208. The van der Waals surface area contributed by atoms with Gasteiger partial charge in [-0.15, -0.1) is 0 Å². The van der Waals surface area contributed by atoms with Crippen LogP contribution in [0.25, 0.3) is 16.7 Å². The molecule has 33 heavy (non-hydrogen) atoms. The van der Waals surface area contributed by atoms with Crippen molar-refractivity contribution in [2.75, 3.05) is 20.3 Å². The van der Waals surface area contributed by atoms with Crippen LogP contribution in [0.1, 0.15) is 27.6 Å². The normalized spacial score (nSPS) is 11.8. The molecule has 0 aliphatic rings. The van der Waals surface area contributed by atoms with Gasteiger partial charge in [0.05, 0.1) is 18.6 Å². The van der Waals surface area contributed by atoms with Crippen LogP contribution in [-0.2, 0) is 16.0 Å². The molecule has 1 amide bonds. The molecule has 0 radical (unpaired) electrons.